The van der Waals surface area contributed by atoms with E-state index in [9.17, 15) is 4.79 Å². The van der Waals surface area contributed by atoms with E-state index in [0.29, 0.717) is 23.9 Å². The smallest absolute Gasteiger partial charge is 0.323 e. The largest absolute Gasteiger partial charge is 0.480 e. The number of carbonyl (C=O) groups is 1. The van der Waals surface area contributed by atoms with Gasteiger partial charge in [0.05, 0.1) is 12.8 Å². The molecule has 0 saturated carbocycles. The van der Waals surface area contributed by atoms with Crippen LogP contribution >= 0.6 is 0 Å². The van der Waals surface area contributed by atoms with E-state index in [1.54, 1.807) is 26.0 Å². The Labute approximate surface area is 109 Å². The van der Waals surface area contributed by atoms with E-state index < -0.39 is 11.5 Å². The average molecular weight is 265 g/mol. The van der Waals surface area contributed by atoms with Gasteiger partial charge >= 0.3 is 5.97 Å². The Bertz CT molecular complexity index is 549. The van der Waals surface area contributed by atoms with E-state index in [0.717, 1.165) is 0 Å². The molecular formula is C12H15N3O4. The predicted octanol–water partition coefficient (Wildman–Crippen LogP) is 1.67. The van der Waals surface area contributed by atoms with E-state index in [-0.39, 0.29) is 6.54 Å². The summed E-state index contributed by atoms with van der Waals surface area (Å²) < 4.78 is 10.2. The zero-order valence-corrected chi connectivity index (χ0v) is 10.7. The quantitative estimate of drug-likeness (QED) is 0.819. The number of carboxylic acids is 1. The Morgan fingerprint density at radius 2 is 2.37 bits per heavy atom. The molecule has 0 aliphatic rings. The van der Waals surface area contributed by atoms with Crippen LogP contribution in [0.1, 0.15) is 26.2 Å². The number of aliphatic carboxylic acids is 1. The maximum absolute atomic E-state index is 11.1. The third kappa shape index (κ3) is 2.82. The first-order chi connectivity index (χ1) is 9.05. The SMILES string of the molecule is CCC(C)(NCc1nc(-c2ccco2)no1)C(=O)O. The van der Waals surface area contributed by atoms with Crippen LogP contribution in [-0.2, 0) is 11.3 Å². The van der Waals surface area contributed by atoms with E-state index in [1.165, 1.54) is 6.26 Å². The van der Waals surface area contributed by atoms with Crippen molar-refractivity contribution in [3.8, 4) is 11.6 Å². The Morgan fingerprint density at radius 1 is 1.58 bits per heavy atom. The van der Waals surface area contributed by atoms with E-state index in [2.05, 4.69) is 15.5 Å². The lowest BCUT2D eigenvalue weighted by Gasteiger charge is -2.23. The Morgan fingerprint density at radius 3 is 2.95 bits per heavy atom. The third-order valence-electron chi connectivity index (χ3n) is 3.02. The molecule has 0 aliphatic carbocycles. The van der Waals surface area contributed by atoms with E-state index >= 15 is 0 Å². The van der Waals surface area contributed by atoms with Crippen molar-refractivity contribution in [2.24, 2.45) is 0 Å². The van der Waals surface area contributed by atoms with Gasteiger partial charge in [-0.25, -0.2) is 0 Å². The second-order valence-corrected chi connectivity index (χ2v) is 4.33. The van der Waals surface area contributed by atoms with Crippen LogP contribution in [0.4, 0.5) is 0 Å². The van der Waals surface area contributed by atoms with Gasteiger partial charge in [-0.15, -0.1) is 0 Å². The molecule has 0 aromatic carbocycles. The first kappa shape index (κ1) is 13.3. The summed E-state index contributed by atoms with van der Waals surface area (Å²) in [5.74, 6) is 0.245. The molecule has 0 spiro atoms. The maximum Gasteiger partial charge on any atom is 0.323 e. The summed E-state index contributed by atoms with van der Waals surface area (Å²) in [6.07, 6.45) is 1.96. The molecule has 0 saturated heterocycles. The van der Waals surface area contributed by atoms with Crippen molar-refractivity contribution in [2.75, 3.05) is 0 Å². The van der Waals surface area contributed by atoms with Gasteiger partial charge in [0.25, 0.3) is 0 Å². The number of hydrogen-bond donors (Lipinski definition) is 2. The van der Waals surface area contributed by atoms with Gasteiger partial charge in [-0.2, -0.15) is 4.98 Å². The lowest BCUT2D eigenvalue weighted by molar-refractivity contribution is -0.144. The Kier molecular flexibility index (Phi) is 3.66. The normalized spacial score (nSPS) is 14.2. The van der Waals surface area contributed by atoms with E-state index in [4.69, 9.17) is 14.0 Å². The van der Waals surface area contributed by atoms with Crippen LogP contribution in [0.3, 0.4) is 0 Å². The van der Waals surface area contributed by atoms with Crippen LogP contribution in [0.25, 0.3) is 11.6 Å². The summed E-state index contributed by atoms with van der Waals surface area (Å²) in [5, 5.41) is 15.8. The van der Waals surface area contributed by atoms with Crippen molar-refractivity contribution in [1.82, 2.24) is 15.5 Å². The second-order valence-electron chi connectivity index (χ2n) is 4.33. The summed E-state index contributed by atoms with van der Waals surface area (Å²) in [5.41, 5.74) is -1.01. The zero-order chi connectivity index (χ0) is 13.9. The molecule has 1 unspecified atom stereocenters. The molecule has 0 aliphatic heterocycles. The molecule has 19 heavy (non-hydrogen) atoms. The highest BCUT2D eigenvalue weighted by molar-refractivity contribution is 5.78. The standard InChI is InChI=1S/C12H15N3O4/c1-3-12(2,11(16)17)13-7-9-14-10(15-19-9)8-5-4-6-18-8/h4-6,13H,3,7H2,1-2H3,(H,16,17). The topological polar surface area (TPSA) is 101 Å². The van der Waals surface area contributed by atoms with Gasteiger partial charge in [-0.3, -0.25) is 10.1 Å². The van der Waals surface area contributed by atoms with Gasteiger partial charge in [0.1, 0.15) is 5.54 Å². The van der Waals surface area contributed by atoms with Crippen LogP contribution in [0.2, 0.25) is 0 Å². The minimum atomic E-state index is -1.01. The van der Waals surface area contributed by atoms with Crippen molar-refractivity contribution in [3.63, 3.8) is 0 Å². The number of nitrogens with zero attached hydrogens (tertiary/aromatic N) is 2. The lowest BCUT2D eigenvalue weighted by Crippen LogP contribution is -2.48. The first-order valence-corrected chi connectivity index (χ1v) is 5.90. The van der Waals surface area contributed by atoms with Crippen molar-refractivity contribution >= 4 is 5.97 Å². The van der Waals surface area contributed by atoms with Gasteiger partial charge in [0.2, 0.25) is 11.7 Å². The van der Waals surface area contributed by atoms with Gasteiger partial charge in [-0.1, -0.05) is 12.1 Å². The summed E-state index contributed by atoms with van der Waals surface area (Å²) in [4.78, 5) is 15.2. The summed E-state index contributed by atoms with van der Waals surface area (Å²) >= 11 is 0. The van der Waals surface area contributed by atoms with Crippen LogP contribution in [-0.4, -0.2) is 26.8 Å². The molecule has 2 rings (SSSR count). The fourth-order valence-electron chi connectivity index (χ4n) is 1.46. The predicted molar refractivity (Wildman–Crippen MR) is 65.2 cm³/mol. The highest BCUT2D eigenvalue weighted by atomic mass is 16.5. The minimum Gasteiger partial charge on any atom is -0.480 e. The maximum atomic E-state index is 11.1. The summed E-state index contributed by atoms with van der Waals surface area (Å²) in [7, 11) is 0. The molecule has 7 heteroatoms. The number of nitrogens with one attached hydrogen (secondary N) is 1. The fourth-order valence-corrected chi connectivity index (χ4v) is 1.46. The third-order valence-corrected chi connectivity index (χ3v) is 3.02. The molecule has 0 radical (unpaired) electrons. The summed E-state index contributed by atoms with van der Waals surface area (Å²) in [6.45, 7) is 3.59. The molecule has 102 valence electrons. The highest BCUT2D eigenvalue weighted by Crippen LogP contribution is 2.16. The van der Waals surface area contributed by atoms with Crippen molar-refractivity contribution in [3.05, 3.63) is 24.3 Å². The molecule has 2 aromatic heterocycles. The number of furan rings is 1. The average Bonchev–Trinajstić information content (AvgIpc) is 3.05. The first-order valence-electron chi connectivity index (χ1n) is 5.90. The summed E-state index contributed by atoms with van der Waals surface area (Å²) in [6, 6.07) is 3.44. The highest BCUT2D eigenvalue weighted by Gasteiger charge is 2.30. The molecule has 0 fully saturated rings. The minimum absolute atomic E-state index is 0.185. The number of aromatic nitrogens is 2. The number of hydrogen-bond acceptors (Lipinski definition) is 6. The molecule has 0 bridgehead atoms. The van der Waals surface area contributed by atoms with E-state index in [1.807, 2.05) is 0 Å². The van der Waals surface area contributed by atoms with Crippen LogP contribution < -0.4 is 5.32 Å². The van der Waals surface area contributed by atoms with Crippen LogP contribution in [0.5, 0.6) is 0 Å². The zero-order valence-electron chi connectivity index (χ0n) is 10.7. The Hall–Kier alpha value is -2.15. The van der Waals surface area contributed by atoms with Gasteiger partial charge < -0.3 is 14.0 Å². The van der Waals surface area contributed by atoms with Gasteiger partial charge in [-0.05, 0) is 25.5 Å². The lowest BCUT2D eigenvalue weighted by atomic mass is 9.99. The molecule has 7 nitrogen and oxygen atoms in total. The molecule has 2 heterocycles. The molecule has 0 amide bonds. The van der Waals surface area contributed by atoms with Crippen molar-refractivity contribution in [1.29, 1.82) is 0 Å². The van der Waals surface area contributed by atoms with Gasteiger partial charge in [0.15, 0.2) is 5.76 Å². The van der Waals surface area contributed by atoms with Crippen LogP contribution in [0.15, 0.2) is 27.3 Å². The van der Waals surface area contributed by atoms with Crippen LogP contribution in [0, 0.1) is 0 Å². The van der Waals surface area contributed by atoms with Crippen molar-refractivity contribution < 1.29 is 18.8 Å². The number of carboxylic acid groups (broad SMARTS) is 1. The van der Waals surface area contributed by atoms with Gasteiger partial charge in [0, 0.05) is 0 Å². The molecule has 2 aromatic rings. The molecular weight excluding hydrogens is 250 g/mol. The second kappa shape index (κ2) is 5.23. The molecule has 2 N–H and O–H groups in total. The molecule has 1 atom stereocenters. The Balaban J connectivity index is 2.03. The van der Waals surface area contributed by atoms with Crippen molar-refractivity contribution in [2.45, 2.75) is 32.4 Å². The monoisotopic (exact) mass is 265 g/mol. The number of rotatable bonds is 6. The fraction of sp³-hybridized carbons (Fsp3) is 0.417.